The van der Waals surface area contributed by atoms with Gasteiger partial charge in [-0.05, 0) is 49.4 Å². The van der Waals surface area contributed by atoms with Crippen LogP contribution in [0.3, 0.4) is 0 Å². The fourth-order valence-electron chi connectivity index (χ4n) is 3.79. The van der Waals surface area contributed by atoms with Gasteiger partial charge in [0.15, 0.2) is 0 Å². The van der Waals surface area contributed by atoms with Gasteiger partial charge >= 0.3 is 0 Å². The van der Waals surface area contributed by atoms with E-state index in [1.807, 2.05) is 42.3 Å². The maximum absolute atomic E-state index is 13.5. The van der Waals surface area contributed by atoms with E-state index >= 15 is 0 Å². The Labute approximate surface area is 159 Å². The highest BCUT2D eigenvalue weighted by molar-refractivity contribution is 6.01. The largest absolute Gasteiger partial charge is 0.376 e. The number of aromatic nitrogens is 2. The van der Waals surface area contributed by atoms with Crippen LogP contribution in [0.5, 0.6) is 0 Å². The van der Waals surface area contributed by atoms with E-state index < -0.39 is 0 Å². The van der Waals surface area contributed by atoms with Crippen LogP contribution in [0.15, 0.2) is 48.8 Å². The van der Waals surface area contributed by atoms with Crippen molar-refractivity contribution < 1.29 is 9.53 Å². The molecule has 1 atom stereocenters. The van der Waals surface area contributed by atoms with Gasteiger partial charge in [-0.25, -0.2) is 4.52 Å². The summed E-state index contributed by atoms with van der Waals surface area (Å²) in [4.78, 5) is 15.4. The number of carbonyl (C=O) groups is 1. The molecule has 3 aromatic rings. The molecule has 0 bridgehead atoms. The number of hydrogen-bond donors (Lipinski definition) is 0. The van der Waals surface area contributed by atoms with Crippen molar-refractivity contribution >= 4 is 11.4 Å². The lowest BCUT2D eigenvalue weighted by atomic mass is 10.1. The molecule has 0 spiro atoms. The lowest BCUT2D eigenvalue weighted by Crippen LogP contribution is -2.37. The summed E-state index contributed by atoms with van der Waals surface area (Å²) in [6, 6.07) is 12.2. The standard InChI is InChI=1S/C22H25N3O2/c1-16-7-3-4-9-18(16)14-24(15-19-10-6-12-27-19)22(26)20-13-23-25-11-5-8-17(2)21(20)25/h3-5,7-9,11,13,19H,6,10,12,14-15H2,1-2H3. The first-order valence-corrected chi connectivity index (χ1v) is 9.52. The molecule has 140 valence electrons. The molecule has 1 aliphatic heterocycles. The summed E-state index contributed by atoms with van der Waals surface area (Å²) in [6.45, 7) is 6.07. The molecule has 0 saturated carbocycles. The minimum Gasteiger partial charge on any atom is -0.376 e. The highest BCUT2D eigenvalue weighted by atomic mass is 16.5. The first-order valence-electron chi connectivity index (χ1n) is 9.52. The molecular formula is C22H25N3O2. The number of benzene rings is 1. The normalized spacial score (nSPS) is 16.7. The Kier molecular flexibility index (Phi) is 4.94. The van der Waals surface area contributed by atoms with E-state index in [9.17, 15) is 4.79 Å². The lowest BCUT2D eigenvalue weighted by molar-refractivity contribution is 0.0508. The van der Waals surface area contributed by atoms with Crippen LogP contribution in [0, 0.1) is 13.8 Å². The van der Waals surface area contributed by atoms with Crippen molar-refractivity contribution in [3.8, 4) is 0 Å². The van der Waals surface area contributed by atoms with E-state index in [4.69, 9.17) is 4.74 Å². The number of carbonyl (C=O) groups excluding carboxylic acids is 1. The van der Waals surface area contributed by atoms with Crippen LogP contribution in [0.2, 0.25) is 0 Å². The third-order valence-corrected chi connectivity index (χ3v) is 5.33. The van der Waals surface area contributed by atoms with E-state index in [1.165, 1.54) is 5.56 Å². The van der Waals surface area contributed by atoms with Crippen LogP contribution in [0.4, 0.5) is 0 Å². The lowest BCUT2D eigenvalue weighted by Gasteiger charge is -2.26. The maximum Gasteiger partial charge on any atom is 0.258 e. The summed E-state index contributed by atoms with van der Waals surface area (Å²) in [6.07, 6.45) is 5.75. The molecule has 2 aromatic heterocycles. The molecule has 1 aromatic carbocycles. The molecule has 1 saturated heterocycles. The summed E-state index contributed by atoms with van der Waals surface area (Å²) in [5.74, 6) is 0.0121. The number of amides is 1. The second-order valence-electron chi connectivity index (χ2n) is 7.29. The van der Waals surface area contributed by atoms with Gasteiger partial charge in [0.1, 0.15) is 0 Å². The average Bonchev–Trinajstić information content (AvgIpc) is 3.32. The Morgan fingerprint density at radius 1 is 1.22 bits per heavy atom. The maximum atomic E-state index is 13.5. The first kappa shape index (κ1) is 17.7. The average molecular weight is 363 g/mol. The molecule has 0 aliphatic carbocycles. The minimum atomic E-state index is 0.0121. The highest BCUT2D eigenvalue weighted by Gasteiger charge is 2.26. The number of aryl methyl sites for hydroxylation is 2. The second kappa shape index (κ2) is 7.53. The molecule has 0 N–H and O–H groups in total. The molecule has 1 unspecified atom stereocenters. The minimum absolute atomic E-state index is 0.0121. The van der Waals surface area contributed by atoms with E-state index in [2.05, 4.69) is 24.2 Å². The first-order chi connectivity index (χ1) is 13.1. The van der Waals surface area contributed by atoms with Gasteiger partial charge in [-0.3, -0.25) is 4.79 Å². The van der Waals surface area contributed by atoms with Crippen molar-refractivity contribution in [1.82, 2.24) is 14.5 Å². The van der Waals surface area contributed by atoms with Crippen LogP contribution < -0.4 is 0 Å². The predicted octanol–water partition coefficient (Wildman–Crippen LogP) is 3.77. The molecular weight excluding hydrogens is 338 g/mol. The second-order valence-corrected chi connectivity index (χ2v) is 7.29. The topological polar surface area (TPSA) is 46.8 Å². The Balaban J connectivity index is 1.68. The summed E-state index contributed by atoms with van der Waals surface area (Å²) in [7, 11) is 0. The highest BCUT2D eigenvalue weighted by Crippen LogP contribution is 2.22. The van der Waals surface area contributed by atoms with Crippen molar-refractivity contribution in [2.75, 3.05) is 13.2 Å². The zero-order valence-electron chi connectivity index (χ0n) is 15.9. The van der Waals surface area contributed by atoms with Crippen LogP contribution in [0.1, 0.15) is 39.9 Å². The third-order valence-electron chi connectivity index (χ3n) is 5.33. The fraction of sp³-hybridized carbons (Fsp3) is 0.364. The Hall–Kier alpha value is -2.66. The van der Waals surface area contributed by atoms with Crippen molar-refractivity contribution in [3.05, 3.63) is 71.0 Å². The van der Waals surface area contributed by atoms with Gasteiger partial charge in [0.2, 0.25) is 0 Å². The number of rotatable bonds is 5. The van der Waals surface area contributed by atoms with Crippen LogP contribution in [-0.2, 0) is 11.3 Å². The van der Waals surface area contributed by atoms with Crippen LogP contribution in [0.25, 0.3) is 5.52 Å². The summed E-state index contributed by atoms with van der Waals surface area (Å²) >= 11 is 0. The molecule has 27 heavy (non-hydrogen) atoms. The van der Waals surface area contributed by atoms with E-state index in [0.29, 0.717) is 18.7 Å². The zero-order chi connectivity index (χ0) is 18.8. The van der Waals surface area contributed by atoms with Crippen LogP contribution >= 0.6 is 0 Å². The van der Waals surface area contributed by atoms with Crippen molar-refractivity contribution in [2.45, 2.75) is 39.3 Å². The van der Waals surface area contributed by atoms with E-state index in [-0.39, 0.29) is 12.0 Å². The third kappa shape index (κ3) is 3.60. The summed E-state index contributed by atoms with van der Waals surface area (Å²) in [5.41, 5.74) is 4.94. The smallest absolute Gasteiger partial charge is 0.258 e. The quantitative estimate of drug-likeness (QED) is 0.693. The molecule has 5 heteroatoms. The van der Waals surface area contributed by atoms with Gasteiger partial charge in [0, 0.05) is 25.9 Å². The van der Waals surface area contributed by atoms with Gasteiger partial charge in [-0.2, -0.15) is 5.10 Å². The molecule has 5 nitrogen and oxygen atoms in total. The van der Waals surface area contributed by atoms with Gasteiger partial charge < -0.3 is 9.64 Å². The summed E-state index contributed by atoms with van der Waals surface area (Å²) in [5, 5.41) is 4.38. The van der Waals surface area contributed by atoms with E-state index in [0.717, 1.165) is 36.1 Å². The number of pyridine rings is 1. The monoisotopic (exact) mass is 363 g/mol. The molecule has 1 amide bonds. The molecule has 1 aliphatic rings. The Morgan fingerprint density at radius 2 is 2.04 bits per heavy atom. The number of nitrogens with zero attached hydrogens (tertiary/aromatic N) is 3. The summed E-state index contributed by atoms with van der Waals surface area (Å²) < 4.78 is 7.59. The van der Waals surface area contributed by atoms with Gasteiger partial charge in [0.25, 0.3) is 5.91 Å². The molecule has 1 fully saturated rings. The number of hydrogen-bond acceptors (Lipinski definition) is 3. The number of ether oxygens (including phenoxy) is 1. The Bertz CT molecular complexity index is 957. The molecule has 4 rings (SSSR count). The van der Waals surface area contributed by atoms with Gasteiger partial charge in [-0.1, -0.05) is 30.3 Å². The molecule has 0 radical (unpaired) electrons. The SMILES string of the molecule is Cc1ccccc1CN(CC1CCCO1)C(=O)c1cnn2cccc(C)c12. The van der Waals surface area contributed by atoms with Crippen molar-refractivity contribution in [3.63, 3.8) is 0 Å². The van der Waals surface area contributed by atoms with Gasteiger partial charge in [0.05, 0.1) is 23.4 Å². The zero-order valence-corrected chi connectivity index (χ0v) is 15.9. The van der Waals surface area contributed by atoms with Crippen LogP contribution in [-0.4, -0.2) is 39.7 Å². The fourth-order valence-corrected chi connectivity index (χ4v) is 3.79. The van der Waals surface area contributed by atoms with Crippen molar-refractivity contribution in [2.24, 2.45) is 0 Å². The van der Waals surface area contributed by atoms with E-state index in [1.54, 1.807) is 10.7 Å². The molecule has 3 heterocycles. The predicted molar refractivity (Wildman–Crippen MR) is 105 cm³/mol. The Morgan fingerprint density at radius 3 is 2.81 bits per heavy atom. The van der Waals surface area contributed by atoms with Gasteiger partial charge in [-0.15, -0.1) is 0 Å². The number of fused-ring (bicyclic) bond motifs is 1. The van der Waals surface area contributed by atoms with Crippen molar-refractivity contribution in [1.29, 1.82) is 0 Å².